The Morgan fingerprint density at radius 2 is 1.79 bits per heavy atom. The number of amides is 1. The van der Waals surface area contributed by atoms with Gasteiger partial charge in [0.25, 0.3) is 0 Å². The van der Waals surface area contributed by atoms with Crippen molar-refractivity contribution < 1.29 is 4.79 Å². The minimum Gasteiger partial charge on any atom is -0.324 e. The van der Waals surface area contributed by atoms with Gasteiger partial charge < -0.3 is 5.32 Å². The second-order valence-corrected chi connectivity index (χ2v) is 6.92. The van der Waals surface area contributed by atoms with Crippen LogP contribution in [-0.4, -0.2) is 11.9 Å². The SMILES string of the molecule is Cc1ccc(NC(=O)[C@H](C)N[C@H](c2ccccc2)C2CC2)c(C)c1. The fourth-order valence-corrected chi connectivity index (χ4v) is 3.13. The lowest BCUT2D eigenvalue weighted by molar-refractivity contribution is -0.118. The molecule has 2 aromatic rings. The number of benzene rings is 2. The molecule has 0 radical (unpaired) electrons. The van der Waals surface area contributed by atoms with E-state index in [0.717, 1.165) is 11.3 Å². The summed E-state index contributed by atoms with van der Waals surface area (Å²) in [4.78, 5) is 12.6. The van der Waals surface area contributed by atoms with Crippen molar-refractivity contribution in [3.63, 3.8) is 0 Å². The van der Waals surface area contributed by atoms with E-state index in [1.165, 1.54) is 24.0 Å². The van der Waals surface area contributed by atoms with Crippen molar-refractivity contribution in [1.82, 2.24) is 5.32 Å². The Morgan fingerprint density at radius 1 is 1.08 bits per heavy atom. The molecule has 2 N–H and O–H groups in total. The first-order chi connectivity index (χ1) is 11.5. The smallest absolute Gasteiger partial charge is 0.241 e. The number of anilines is 1. The minimum absolute atomic E-state index is 0.0172. The van der Waals surface area contributed by atoms with Gasteiger partial charge in [0.15, 0.2) is 0 Å². The maximum absolute atomic E-state index is 12.6. The van der Waals surface area contributed by atoms with Crippen LogP contribution in [0, 0.1) is 19.8 Å². The summed E-state index contributed by atoms with van der Waals surface area (Å²) in [5.41, 5.74) is 4.46. The van der Waals surface area contributed by atoms with Crippen molar-refractivity contribution in [2.75, 3.05) is 5.32 Å². The van der Waals surface area contributed by atoms with E-state index in [2.05, 4.69) is 47.9 Å². The molecule has 126 valence electrons. The molecule has 1 aliphatic carbocycles. The van der Waals surface area contributed by atoms with Crippen LogP contribution in [0.2, 0.25) is 0 Å². The van der Waals surface area contributed by atoms with Crippen molar-refractivity contribution in [2.45, 2.75) is 45.7 Å². The third-order valence-electron chi connectivity index (χ3n) is 4.71. The van der Waals surface area contributed by atoms with E-state index < -0.39 is 0 Å². The van der Waals surface area contributed by atoms with Crippen LogP contribution in [0.5, 0.6) is 0 Å². The first-order valence-corrected chi connectivity index (χ1v) is 8.73. The number of rotatable bonds is 6. The highest BCUT2D eigenvalue weighted by atomic mass is 16.2. The molecule has 1 amide bonds. The molecule has 1 saturated carbocycles. The first-order valence-electron chi connectivity index (χ1n) is 8.73. The molecule has 0 spiro atoms. The molecule has 3 heteroatoms. The summed E-state index contributed by atoms with van der Waals surface area (Å²) >= 11 is 0. The van der Waals surface area contributed by atoms with Gasteiger partial charge in [-0.3, -0.25) is 10.1 Å². The lowest BCUT2D eigenvalue weighted by Gasteiger charge is -2.23. The Kier molecular flexibility index (Phi) is 5.00. The molecule has 2 aromatic carbocycles. The van der Waals surface area contributed by atoms with E-state index >= 15 is 0 Å². The number of aryl methyl sites for hydroxylation is 2. The third-order valence-corrected chi connectivity index (χ3v) is 4.71. The molecule has 0 heterocycles. The predicted octanol–water partition coefficient (Wildman–Crippen LogP) is 4.37. The number of hydrogen-bond acceptors (Lipinski definition) is 2. The van der Waals surface area contributed by atoms with Crippen molar-refractivity contribution >= 4 is 11.6 Å². The average molecular weight is 322 g/mol. The summed E-state index contributed by atoms with van der Waals surface area (Å²) in [6.45, 7) is 6.03. The Labute approximate surface area is 144 Å². The predicted molar refractivity (Wildman–Crippen MR) is 99.1 cm³/mol. The molecule has 0 saturated heterocycles. The van der Waals surface area contributed by atoms with Crippen molar-refractivity contribution in [3.8, 4) is 0 Å². The molecule has 0 aliphatic heterocycles. The Morgan fingerprint density at radius 3 is 2.42 bits per heavy atom. The Bertz CT molecular complexity index is 707. The van der Waals surface area contributed by atoms with Crippen molar-refractivity contribution in [2.24, 2.45) is 5.92 Å². The molecule has 0 unspecified atom stereocenters. The van der Waals surface area contributed by atoms with Gasteiger partial charge in [-0.1, -0.05) is 48.0 Å². The van der Waals surface area contributed by atoms with Gasteiger partial charge in [-0.25, -0.2) is 0 Å². The molecular weight excluding hydrogens is 296 g/mol. The number of carbonyl (C=O) groups excluding carboxylic acids is 1. The molecule has 2 atom stereocenters. The van der Waals surface area contributed by atoms with E-state index in [1.54, 1.807) is 0 Å². The van der Waals surface area contributed by atoms with Gasteiger partial charge in [0.05, 0.1) is 6.04 Å². The molecule has 1 aliphatic rings. The largest absolute Gasteiger partial charge is 0.324 e. The van der Waals surface area contributed by atoms with Crippen LogP contribution in [0.3, 0.4) is 0 Å². The van der Waals surface area contributed by atoms with Gasteiger partial charge >= 0.3 is 0 Å². The van der Waals surface area contributed by atoms with Crippen LogP contribution in [0.15, 0.2) is 48.5 Å². The topological polar surface area (TPSA) is 41.1 Å². The second-order valence-electron chi connectivity index (χ2n) is 6.92. The quantitative estimate of drug-likeness (QED) is 0.829. The van der Waals surface area contributed by atoms with Gasteiger partial charge in [-0.2, -0.15) is 0 Å². The Hall–Kier alpha value is -2.13. The molecule has 3 rings (SSSR count). The highest BCUT2D eigenvalue weighted by Gasteiger charge is 2.33. The second kappa shape index (κ2) is 7.18. The maximum atomic E-state index is 12.6. The monoisotopic (exact) mass is 322 g/mol. The highest BCUT2D eigenvalue weighted by Crippen LogP contribution is 2.41. The minimum atomic E-state index is -0.239. The molecule has 24 heavy (non-hydrogen) atoms. The van der Waals surface area contributed by atoms with Crippen LogP contribution >= 0.6 is 0 Å². The third kappa shape index (κ3) is 4.04. The van der Waals surface area contributed by atoms with E-state index in [-0.39, 0.29) is 18.0 Å². The van der Waals surface area contributed by atoms with Crippen LogP contribution in [0.25, 0.3) is 0 Å². The number of hydrogen-bond donors (Lipinski definition) is 2. The van der Waals surface area contributed by atoms with Gasteiger partial charge in [0, 0.05) is 11.7 Å². The lowest BCUT2D eigenvalue weighted by Crippen LogP contribution is -2.41. The molecular formula is C21H26N2O. The maximum Gasteiger partial charge on any atom is 0.241 e. The van der Waals surface area contributed by atoms with Gasteiger partial charge in [0.2, 0.25) is 5.91 Å². The molecule has 0 aromatic heterocycles. The first kappa shape index (κ1) is 16.7. The summed E-state index contributed by atoms with van der Waals surface area (Å²) in [5.74, 6) is 0.660. The molecule has 1 fully saturated rings. The normalized spacial score (nSPS) is 16.5. The van der Waals surface area contributed by atoms with Crippen LogP contribution in [0.4, 0.5) is 5.69 Å². The summed E-state index contributed by atoms with van der Waals surface area (Å²) in [7, 11) is 0. The van der Waals surface area contributed by atoms with Crippen molar-refractivity contribution in [3.05, 3.63) is 65.2 Å². The van der Waals surface area contributed by atoms with E-state index in [9.17, 15) is 4.79 Å². The number of nitrogens with one attached hydrogen (secondary N) is 2. The standard InChI is InChI=1S/C21H26N2O/c1-14-9-12-19(15(2)13-14)23-21(24)16(3)22-20(18-10-11-18)17-7-5-4-6-8-17/h4-9,12-13,16,18,20,22H,10-11H2,1-3H3,(H,23,24)/t16-,20+/m0/s1. The van der Waals surface area contributed by atoms with Crippen LogP contribution < -0.4 is 10.6 Å². The summed E-state index contributed by atoms with van der Waals surface area (Å²) < 4.78 is 0. The van der Waals surface area contributed by atoms with E-state index in [4.69, 9.17) is 0 Å². The van der Waals surface area contributed by atoms with Gasteiger partial charge in [-0.15, -0.1) is 0 Å². The van der Waals surface area contributed by atoms with Gasteiger partial charge in [-0.05, 0) is 56.7 Å². The van der Waals surface area contributed by atoms with Gasteiger partial charge in [0.1, 0.15) is 0 Å². The zero-order valence-electron chi connectivity index (χ0n) is 14.7. The average Bonchev–Trinajstić information content (AvgIpc) is 3.40. The van der Waals surface area contributed by atoms with Crippen molar-refractivity contribution in [1.29, 1.82) is 0 Å². The van der Waals surface area contributed by atoms with Crippen LogP contribution in [0.1, 0.15) is 42.5 Å². The molecule has 0 bridgehead atoms. The zero-order chi connectivity index (χ0) is 17.1. The van der Waals surface area contributed by atoms with E-state index in [1.807, 2.05) is 32.0 Å². The fourth-order valence-electron chi connectivity index (χ4n) is 3.13. The summed E-state index contributed by atoms with van der Waals surface area (Å²) in [6, 6.07) is 16.6. The van der Waals surface area contributed by atoms with E-state index in [0.29, 0.717) is 5.92 Å². The molecule has 3 nitrogen and oxygen atoms in total. The Balaban J connectivity index is 1.66. The lowest BCUT2D eigenvalue weighted by atomic mass is 10.0. The summed E-state index contributed by atoms with van der Waals surface area (Å²) in [5, 5.41) is 6.59. The van der Waals surface area contributed by atoms with Crippen LogP contribution in [-0.2, 0) is 4.79 Å². The highest BCUT2D eigenvalue weighted by molar-refractivity contribution is 5.95. The fraction of sp³-hybridized carbons (Fsp3) is 0.381. The zero-order valence-corrected chi connectivity index (χ0v) is 14.7. The number of carbonyl (C=O) groups is 1. The summed E-state index contributed by atoms with van der Waals surface area (Å²) in [6.07, 6.45) is 2.47.